The number of methoxy groups -OCH3 is 1. The van der Waals surface area contributed by atoms with Crippen LogP contribution >= 0.6 is 0 Å². The van der Waals surface area contributed by atoms with Crippen LogP contribution in [0, 0.1) is 12.8 Å². The minimum Gasteiger partial charge on any atom is -0.497 e. The summed E-state index contributed by atoms with van der Waals surface area (Å²) in [5.74, 6) is 0.936. The molecule has 3 rings (SSSR count). The van der Waals surface area contributed by atoms with Gasteiger partial charge in [0, 0.05) is 12.6 Å². The Morgan fingerprint density at radius 1 is 0.941 bits per heavy atom. The third-order valence-electron chi connectivity index (χ3n) is 5.70. The third-order valence-corrected chi connectivity index (χ3v) is 7.50. The Hall–Kier alpha value is -3.32. The first-order valence-electron chi connectivity index (χ1n) is 11.2. The molecule has 0 aliphatic heterocycles. The number of carbonyl (C=O) groups excluding carboxylic acids is 1. The van der Waals surface area contributed by atoms with Crippen LogP contribution < -0.4 is 14.4 Å². The Kier molecular flexibility index (Phi) is 7.99. The number of sulfonamides is 1. The summed E-state index contributed by atoms with van der Waals surface area (Å²) in [5.41, 5.74) is 2.93. The average molecular weight is 481 g/mol. The minimum absolute atomic E-state index is 0.150. The fourth-order valence-electron chi connectivity index (χ4n) is 3.66. The maximum absolute atomic E-state index is 13.0. The number of hydrogen-bond donors (Lipinski definition) is 1. The number of carbonyl (C=O) groups is 1. The summed E-state index contributed by atoms with van der Waals surface area (Å²) in [4.78, 5) is 13.2. The van der Waals surface area contributed by atoms with E-state index in [0.29, 0.717) is 17.2 Å². The number of ether oxygens (including phenoxy) is 1. The van der Waals surface area contributed by atoms with Gasteiger partial charge >= 0.3 is 0 Å². The van der Waals surface area contributed by atoms with Crippen LogP contribution in [0.15, 0.2) is 77.7 Å². The van der Waals surface area contributed by atoms with E-state index in [1.54, 1.807) is 55.6 Å². The number of nitrogens with one attached hydrogen (secondary N) is 1. The molecule has 3 aromatic rings. The van der Waals surface area contributed by atoms with Gasteiger partial charge < -0.3 is 10.1 Å². The highest BCUT2D eigenvalue weighted by Gasteiger charge is 2.22. The Morgan fingerprint density at radius 2 is 1.53 bits per heavy atom. The van der Waals surface area contributed by atoms with Crippen molar-refractivity contribution in [1.29, 1.82) is 0 Å². The molecule has 0 aromatic heterocycles. The Morgan fingerprint density at radius 3 is 2.06 bits per heavy atom. The van der Waals surface area contributed by atoms with E-state index in [-0.39, 0.29) is 16.8 Å². The molecule has 1 atom stereocenters. The summed E-state index contributed by atoms with van der Waals surface area (Å²) >= 11 is 0. The molecular formula is C27H32N2O4S. The van der Waals surface area contributed by atoms with Crippen molar-refractivity contribution in [2.24, 2.45) is 5.92 Å². The number of amides is 1. The van der Waals surface area contributed by atoms with Crippen molar-refractivity contribution in [3.05, 3.63) is 89.5 Å². The van der Waals surface area contributed by atoms with Crippen molar-refractivity contribution in [3.8, 4) is 5.75 Å². The molecule has 0 fully saturated rings. The molecule has 0 heterocycles. The summed E-state index contributed by atoms with van der Waals surface area (Å²) in [7, 11) is -0.567. The quantitative estimate of drug-likeness (QED) is 0.448. The van der Waals surface area contributed by atoms with Crippen LogP contribution in [-0.4, -0.2) is 28.5 Å². The van der Waals surface area contributed by atoms with Crippen molar-refractivity contribution in [3.63, 3.8) is 0 Å². The van der Waals surface area contributed by atoms with Gasteiger partial charge in [-0.3, -0.25) is 9.10 Å². The van der Waals surface area contributed by atoms with Crippen molar-refractivity contribution in [2.45, 2.75) is 38.1 Å². The molecule has 3 aromatic carbocycles. The van der Waals surface area contributed by atoms with Crippen molar-refractivity contribution < 1.29 is 17.9 Å². The first kappa shape index (κ1) is 25.3. The van der Waals surface area contributed by atoms with Crippen LogP contribution in [-0.2, 0) is 10.0 Å². The van der Waals surface area contributed by atoms with Crippen LogP contribution in [0.5, 0.6) is 5.75 Å². The molecule has 7 heteroatoms. The summed E-state index contributed by atoms with van der Waals surface area (Å²) in [6.45, 7) is 6.13. The first-order chi connectivity index (χ1) is 16.1. The maximum atomic E-state index is 13.0. The zero-order valence-electron chi connectivity index (χ0n) is 20.3. The van der Waals surface area contributed by atoms with E-state index in [9.17, 15) is 13.2 Å². The van der Waals surface area contributed by atoms with Gasteiger partial charge in [-0.05, 0) is 73.4 Å². The largest absolute Gasteiger partial charge is 0.497 e. The van der Waals surface area contributed by atoms with Gasteiger partial charge in [-0.2, -0.15) is 0 Å². The summed E-state index contributed by atoms with van der Waals surface area (Å²) in [6.07, 6.45) is 0.785. The van der Waals surface area contributed by atoms with Crippen molar-refractivity contribution in [2.75, 3.05) is 18.5 Å². The summed E-state index contributed by atoms with van der Waals surface area (Å²) < 4.78 is 32.4. The lowest BCUT2D eigenvalue weighted by Gasteiger charge is -2.22. The molecule has 0 aliphatic rings. The fourth-order valence-corrected chi connectivity index (χ4v) is 4.85. The number of nitrogens with zero attached hydrogens (tertiary/aromatic N) is 1. The lowest BCUT2D eigenvalue weighted by molar-refractivity contribution is 0.0932. The van der Waals surface area contributed by atoms with E-state index in [4.69, 9.17) is 4.74 Å². The van der Waals surface area contributed by atoms with E-state index in [2.05, 4.69) is 19.2 Å². The van der Waals surface area contributed by atoms with Crippen LogP contribution in [0.4, 0.5) is 5.69 Å². The van der Waals surface area contributed by atoms with E-state index in [0.717, 1.165) is 23.3 Å². The Labute approximate surface area is 202 Å². The van der Waals surface area contributed by atoms with Gasteiger partial charge in [0.2, 0.25) is 0 Å². The Bertz CT molecular complexity index is 1200. The Balaban J connectivity index is 1.76. The van der Waals surface area contributed by atoms with E-state index >= 15 is 0 Å². The first-order valence-corrected chi connectivity index (χ1v) is 12.7. The lowest BCUT2D eigenvalue weighted by atomic mass is 9.96. The predicted molar refractivity (Wildman–Crippen MR) is 136 cm³/mol. The molecule has 1 amide bonds. The highest BCUT2D eigenvalue weighted by Crippen LogP contribution is 2.26. The van der Waals surface area contributed by atoms with Crippen LogP contribution in [0.1, 0.15) is 47.8 Å². The maximum Gasteiger partial charge on any atom is 0.264 e. The predicted octanol–water partition coefficient (Wildman–Crippen LogP) is 5.35. The second kappa shape index (κ2) is 10.7. The highest BCUT2D eigenvalue weighted by molar-refractivity contribution is 7.92. The van der Waals surface area contributed by atoms with Gasteiger partial charge in [-0.25, -0.2) is 8.42 Å². The second-order valence-electron chi connectivity index (χ2n) is 8.76. The van der Waals surface area contributed by atoms with Crippen LogP contribution in [0.2, 0.25) is 0 Å². The zero-order valence-corrected chi connectivity index (χ0v) is 21.1. The second-order valence-corrected chi connectivity index (χ2v) is 10.7. The standard InChI is InChI=1S/C27H32N2O4S/c1-19(2)18-26(21-10-14-24(33-5)15-11-21)28-27(30)22-8-12-23(13-9-22)29(4)34(31,32)25-16-6-20(3)7-17-25/h6-17,19,26H,18H2,1-5H3,(H,28,30). The monoisotopic (exact) mass is 480 g/mol. The van der Waals surface area contributed by atoms with Gasteiger partial charge in [-0.1, -0.05) is 43.7 Å². The van der Waals surface area contributed by atoms with Gasteiger partial charge in [0.05, 0.1) is 23.7 Å². The molecule has 1 unspecified atom stereocenters. The van der Waals surface area contributed by atoms with Gasteiger partial charge in [-0.15, -0.1) is 0 Å². The van der Waals surface area contributed by atoms with Gasteiger partial charge in [0.1, 0.15) is 5.75 Å². The highest BCUT2D eigenvalue weighted by atomic mass is 32.2. The van der Waals surface area contributed by atoms with Gasteiger partial charge in [0.15, 0.2) is 0 Å². The molecule has 180 valence electrons. The summed E-state index contributed by atoms with van der Waals surface area (Å²) in [6, 6.07) is 20.8. The number of benzene rings is 3. The molecular weight excluding hydrogens is 448 g/mol. The lowest BCUT2D eigenvalue weighted by Crippen LogP contribution is -2.30. The summed E-state index contributed by atoms with van der Waals surface area (Å²) in [5, 5.41) is 3.12. The smallest absolute Gasteiger partial charge is 0.264 e. The van der Waals surface area contributed by atoms with Crippen LogP contribution in [0.3, 0.4) is 0 Å². The van der Waals surface area contributed by atoms with E-state index in [1.807, 2.05) is 31.2 Å². The number of aryl methyl sites for hydroxylation is 1. The average Bonchev–Trinajstić information content (AvgIpc) is 2.83. The fraction of sp³-hybridized carbons (Fsp3) is 0.296. The molecule has 1 N–H and O–H groups in total. The number of hydrogen-bond acceptors (Lipinski definition) is 4. The molecule has 6 nitrogen and oxygen atoms in total. The van der Waals surface area contributed by atoms with E-state index < -0.39 is 10.0 Å². The molecule has 0 bridgehead atoms. The SMILES string of the molecule is COc1ccc(C(CC(C)C)NC(=O)c2ccc(N(C)S(=O)(=O)c3ccc(C)cc3)cc2)cc1. The normalized spacial score (nSPS) is 12.3. The van der Waals surface area contributed by atoms with Crippen molar-refractivity contribution >= 4 is 21.6 Å². The molecule has 0 spiro atoms. The molecule has 0 saturated heterocycles. The topological polar surface area (TPSA) is 75.7 Å². The molecule has 34 heavy (non-hydrogen) atoms. The van der Waals surface area contributed by atoms with Crippen LogP contribution in [0.25, 0.3) is 0 Å². The molecule has 0 aliphatic carbocycles. The number of rotatable bonds is 9. The van der Waals surface area contributed by atoms with Gasteiger partial charge in [0.25, 0.3) is 15.9 Å². The zero-order chi connectivity index (χ0) is 24.9. The number of anilines is 1. The third kappa shape index (κ3) is 5.97. The molecule has 0 radical (unpaired) electrons. The van der Waals surface area contributed by atoms with Crippen molar-refractivity contribution in [1.82, 2.24) is 5.32 Å². The molecule has 0 saturated carbocycles. The van der Waals surface area contributed by atoms with E-state index in [1.165, 1.54) is 11.4 Å². The minimum atomic E-state index is -3.69.